The number of ether oxygens (including phenoxy) is 1. The first-order valence-corrected chi connectivity index (χ1v) is 8.32. The Hall–Kier alpha value is -2.09. The molecule has 0 fully saturated rings. The van der Waals surface area contributed by atoms with E-state index >= 15 is 0 Å². The van der Waals surface area contributed by atoms with Crippen molar-refractivity contribution in [2.45, 2.75) is 0 Å². The van der Waals surface area contributed by atoms with E-state index in [-0.39, 0.29) is 28.2 Å². The van der Waals surface area contributed by atoms with Crippen LogP contribution in [-0.2, 0) is 14.3 Å². The number of esters is 1. The van der Waals surface area contributed by atoms with Crippen molar-refractivity contribution in [3.63, 3.8) is 0 Å². The van der Waals surface area contributed by atoms with Crippen molar-refractivity contribution in [2.75, 3.05) is 18.5 Å². The van der Waals surface area contributed by atoms with Crippen molar-refractivity contribution in [1.29, 1.82) is 0 Å². The van der Waals surface area contributed by atoms with Crippen molar-refractivity contribution >= 4 is 58.0 Å². The van der Waals surface area contributed by atoms with Gasteiger partial charge in [-0.05, 0) is 23.6 Å². The number of para-hydroxylation sites is 1. The monoisotopic (exact) mass is 386 g/mol. The minimum atomic E-state index is -0.736. The number of hydrogen-bond acceptors (Lipinski definition) is 5. The zero-order chi connectivity index (χ0) is 17.5. The number of anilines is 1. The highest BCUT2D eigenvalue weighted by molar-refractivity contribution is 7.12. The fourth-order valence-electron chi connectivity index (χ4n) is 1.64. The highest BCUT2D eigenvalue weighted by atomic mass is 35.5. The van der Waals surface area contributed by atoms with E-state index in [0.29, 0.717) is 4.88 Å². The van der Waals surface area contributed by atoms with Gasteiger partial charge in [0.05, 0.1) is 20.6 Å². The molecule has 9 heteroatoms. The molecule has 24 heavy (non-hydrogen) atoms. The van der Waals surface area contributed by atoms with Gasteiger partial charge in [0.1, 0.15) is 6.54 Å². The second-order valence-corrected chi connectivity index (χ2v) is 6.23. The van der Waals surface area contributed by atoms with Crippen LogP contribution in [0.1, 0.15) is 9.67 Å². The Morgan fingerprint density at radius 3 is 2.42 bits per heavy atom. The molecule has 0 radical (unpaired) electrons. The van der Waals surface area contributed by atoms with Gasteiger partial charge in [0.25, 0.3) is 11.8 Å². The molecule has 6 nitrogen and oxygen atoms in total. The van der Waals surface area contributed by atoms with E-state index in [9.17, 15) is 14.4 Å². The normalized spacial score (nSPS) is 10.1. The summed E-state index contributed by atoms with van der Waals surface area (Å²) < 4.78 is 4.78. The van der Waals surface area contributed by atoms with Gasteiger partial charge in [-0.2, -0.15) is 0 Å². The summed E-state index contributed by atoms with van der Waals surface area (Å²) in [7, 11) is 0. The summed E-state index contributed by atoms with van der Waals surface area (Å²) in [5.41, 5.74) is 0.243. The standard InChI is InChI=1S/C15H12Cl2N2O4S/c16-9-3-1-4-10(17)14(9)19-12(20)8-23-13(21)7-18-15(22)11-5-2-6-24-11/h1-6H,7-8H2,(H,18,22)(H,19,20). The van der Waals surface area contributed by atoms with Crippen LogP contribution in [0.2, 0.25) is 10.0 Å². The summed E-state index contributed by atoms with van der Waals surface area (Å²) in [6.07, 6.45) is 0. The lowest BCUT2D eigenvalue weighted by molar-refractivity contribution is -0.146. The third kappa shape index (κ3) is 5.23. The molecule has 0 unspecified atom stereocenters. The Morgan fingerprint density at radius 2 is 1.79 bits per heavy atom. The molecule has 2 amide bonds. The molecule has 0 aliphatic carbocycles. The molecule has 126 valence electrons. The number of halogens is 2. The SMILES string of the molecule is O=C(COC(=O)CNC(=O)c1cccs1)Nc1c(Cl)cccc1Cl. The van der Waals surface area contributed by atoms with E-state index in [2.05, 4.69) is 10.6 Å². The van der Waals surface area contributed by atoms with Gasteiger partial charge in [0.2, 0.25) is 0 Å². The van der Waals surface area contributed by atoms with Crippen molar-refractivity contribution in [2.24, 2.45) is 0 Å². The van der Waals surface area contributed by atoms with E-state index in [4.69, 9.17) is 27.9 Å². The minimum Gasteiger partial charge on any atom is -0.454 e. The topological polar surface area (TPSA) is 84.5 Å². The molecule has 0 aliphatic rings. The van der Waals surface area contributed by atoms with Gasteiger partial charge >= 0.3 is 5.97 Å². The van der Waals surface area contributed by atoms with Crippen molar-refractivity contribution < 1.29 is 19.1 Å². The van der Waals surface area contributed by atoms with Gasteiger partial charge in [0, 0.05) is 0 Å². The molecule has 0 spiro atoms. The molecule has 2 aromatic rings. The summed E-state index contributed by atoms with van der Waals surface area (Å²) in [4.78, 5) is 35.4. The van der Waals surface area contributed by atoms with Crippen LogP contribution in [0, 0.1) is 0 Å². The first kappa shape index (κ1) is 18.3. The fraction of sp³-hybridized carbons (Fsp3) is 0.133. The molecule has 0 saturated heterocycles. The third-order valence-corrected chi connectivity index (χ3v) is 4.23. The smallest absolute Gasteiger partial charge is 0.325 e. The lowest BCUT2D eigenvalue weighted by Crippen LogP contribution is -2.31. The van der Waals surface area contributed by atoms with Crippen LogP contribution in [0.25, 0.3) is 0 Å². The predicted octanol–water partition coefficient (Wildman–Crippen LogP) is 2.97. The summed E-state index contributed by atoms with van der Waals surface area (Å²) in [5.74, 6) is -1.71. The number of thiophene rings is 1. The zero-order valence-electron chi connectivity index (χ0n) is 12.2. The second kappa shape index (κ2) is 8.68. The minimum absolute atomic E-state index is 0.243. The number of amides is 2. The molecule has 1 heterocycles. The number of carbonyl (C=O) groups excluding carboxylic acids is 3. The summed E-state index contributed by atoms with van der Waals surface area (Å²) in [6, 6.07) is 8.12. The average Bonchev–Trinajstić information content (AvgIpc) is 3.09. The van der Waals surface area contributed by atoms with Crippen molar-refractivity contribution in [3.8, 4) is 0 Å². The first-order chi connectivity index (χ1) is 11.5. The van der Waals surface area contributed by atoms with Gasteiger partial charge in [-0.3, -0.25) is 14.4 Å². The average molecular weight is 387 g/mol. The number of nitrogens with one attached hydrogen (secondary N) is 2. The van der Waals surface area contributed by atoms with Gasteiger partial charge in [-0.25, -0.2) is 0 Å². The van der Waals surface area contributed by atoms with Crippen LogP contribution in [-0.4, -0.2) is 30.9 Å². The van der Waals surface area contributed by atoms with Crippen molar-refractivity contribution in [1.82, 2.24) is 5.32 Å². The van der Waals surface area contributed by atoms with Crippen LogP contribution in [0.3, 0.4) is 0 Å². The lowest BCUT2D eigenvalue weighted by atomic mass is 10.3. The Morgan fingerprint density at radius 1 is 1.08 bits per heavy atom. The molecule has 2 N–H and O–H groups in total. The maximum absolute atomic E-state index is 11.8. The molecule has 0 aliphatic heterocycles. The van der Waals surface area contributed by atoms with Crippen LogP contribution in [0.15, 0.2) is 35.7 Å². The maximum Gasteiger partial charge on any atom is 0.325 e. The summed E-state index contributed by atoms with van der Waals surface area (Å²) in [5, 5.41) is 7.14. The molecule has 1 aromatic heterocycles. The first-order valence-electron chi connectivity index (χ1n) is 6.68. The molecule has 1 aromatic carbocycles. The largest absolute Gasteiger partial charge is 0.454 e. The van der Waals surface area contributed by atoms with Gasteiger partial charge in [0.15, 0.2) is 6.61 Å². The summed E-state index contributed by atoms with van der Waals surface area (Å²) >= 11 is 13.1. The van der Waals surface area contributed by atoms with Gasteiger partial charge in [-0.15, -0.1) is 11.3 Å². The highest BCUT2D eigenvalue weighted by Gasteiger charge is 2.13. The second-order valence-electron chi connectivity index (χ2n) is 4.47. The number of rotatable bonds is 6. The predicted molar refractivity (Wildman–Crippen MR) is 92.7 cm³/mol. The zero-order valence-corrected chi connectivity index (χ0v) is 14.5. The number of carbonyl (C=O) groups is 3. The molecule has 0 atom stereocenters. The Balaban J connectivity index is 1.75. The van der Waals surface area contributed by atoms with E-state index in [0.717, 1.165) is 0 Å². The van der Waals surface area contributed by atoms with E-state index in [1.165, 1.54) is 11.3 Å². The third-order valence-electron chi connectivity index (χ3n) is 2.73. The Labute approximate surface area is 151 Å². The van der Waals surface area contributed by atoms with E-state index < -0.39 is 18.5 Å². The Kier molecular flexibility index (Phi) is 6.60. The quantitative estimate of drug-likeness (QED) is 0.747. The molecular formula is C15H12Cl2N2O4S. The van der Waals surface area contributed by atoms with E-state index in [1.807, 2.05) is 0 Å². The number of benzene rings is 1. The van der Waals surface area contributed by atoms with Crippen molar-refractivity contribution in [3.05, 3.63) is 50.6 Å². The van der Waals surface area contributed by atoms with Gasteiger partial charge < -0.3 is 15.4 Å². The molecule has 0 bridgehead atoms. The van der Waals surface area contributed by atoms with Crippen LogP contribution in [0.5, 0.6) is 0 Å². The maximum atomic E-state index is 11.8. The molecule has 0 saturated carbocycles. The van der Waals surface area contributed by atoms with Gasteiger partial charge in [-0.1, -0.05) is 35.3 Å². The van der Waals surface area contributed by atoms with Crippen LogP contribution >= 0.6 is 34.5 Å². The van der Waals surface area contributed by atoms with Crippen LogP contribution in [0.4, 0.5) is 5.69 Å². The number of hydrogen-bond donors (Lipinski definition) is 2. The molecular weight excluding hydrogens is 375 g/mol. The Bertz CT molecular complexity index is 730. The lowest BCUT2D eigenvalue weighted by Gasteiger charge is -2.09. The fourth-order valence-corrected chi connectivity index (χ4v) is 2.77. The highest BCUT2D eigenvalue weighted by Crippen LogP contribution is 2.29. The molecule has 2 rings (SSSR count). The van der Waals surface area contributed by atoms with Crippen LogP contribution < -0.4 is 10.6 Å². The van der Waals surface area contributed by atoms with E-state index in [1.54, 1.807) is 35.7 Å². The summed E-state index contributed by atoms with van der Waals surface area (Å²) in [6.45, 7) is -0.855.